The van der Waals surface area contributed by atoms with Crippen molar-refractivity contribution in [2.45, 2.75) is 39.7 Å². The van der Waals surface area contributed by atoms with Gasteiger partial charge in [0.15, 0.2) is 0 Å². The van der Waals surface area contributed by atoms with Gasteiger partial charge in [-0.05, 0) is 54.0 Å². The van der Waals surface area contributed by atoms with E-state index in [1.54, 1.807) is 35.6 Å². The highest BCUT2D eigenvalue weighted by Gasteiger charge is 2.28. The number of thiophene rings is 1. The molecule has 0 spiro atoms. The van der Waals surface area contributed by atoms with E-state index in [9.17, 15) is 9.59 Å². The summed E-state index contributed by atoms with van der Waals surface area (Å²) in [6, 6.07) is 10.8. The second-order valence-corrected chi connectivity index (χ2v) is 8.97. The Morgan fingerprint density at radius 1 is 1.07 bits per heavy atom. The van der Waals surface area contributed by atoms with Crippen LogP contribution >= 0.6 is 11.3 Å². The van der Waals surface area contributed by atoms with Gasteiger partial charge in [-0.25, -0.2) is 4.79 Å². The summed E-state index contributed by atoms with van der Waals surface area (Å²) in [4.78, 5) is 27.9. The van der Waals surface area contributed by atoms with Crippen LogP contribution in [-0.2, 0) is 0 Å². The summed E-state index contributed by atoms with van der Waals surface area (Å²) in [5.41, 5.74) is 1.23. The van der Waals surface area contributed by atoms with Crippen molar-refractivity contribution in [1.29, 1.82) is 0 Å². The van der Waals surface area contributed by atoms with Crippen LogP contribution in [-0.4, -0.2) is 29.9 Å². The van der Waals surface area contributed by atoms with Crippen LogP contribution in [0.3, 0.4) is 0 Å². The summed E-state index contributed by atoms with van der Waals surface area (Å²) < 4.78 is 0. The lowest BCUT2D eigenvalue weighted by atomic mass is 9.86. The number of anilines is 1. The SMILES string of the molecule is CC(C)(C)[C@@H](NC(=O)Nc1ccc(C(=O)N2CCCC2)cc1)c1cccs1. The maximum atomic E-state index is 12.5. The standard InChI is InChI=1S/C21H27N3O2S/c1-21(2,3)18(17-7-6-14-27-17)23-20(26)22-16-10-8-15(9-11-16)19(25)24-12-4-5-13-24/h6-11,14,18H,4-5,12-13H2,1-3H3,(H2,22,23,26)/t18-/m0/s1. The molecule has 6 heteroatoms. The molecule has 1 aromatic heterocycles. The molecular formula is C21H27N3O2S. The van der Waals surface area contributed by atoms with Gasteiger partial charge in [-0.15, -0.1) is 11.3 Å². The van der Waals surface area contributed by atoms with Crippen molar-refractivity contribution in [2.24, 2.45) is 5.41 Å². The molecule has 0 bridgehead atoms. The highest BCUT2D eigenvalue weighted by molar-refractivity contribution is 7.10. The zero-order valence-electron chi connectivity index (χ0n) is 16.1. The normalized spacial score (nSPS) is 15.4. The molecule has 0 saturated carbocycles. The zero-order valence-corrected chi connectivity index (χ0v) is 16.9. The molecule has 0 aliphatic carbocycles. The summed E-state index contributed by atoms with van der Waals surface area (Å²) in [5.74, 6) is 0.0639. The number of carbonyl (C=O) groups excluding carboxylic acids is 2. The van der Waals surface area contributed by atoms with Crippen molar-refractivity contribution in [3.05, 3.63) is 52.2 Å². The number of nitrogens with zero attached hydrogens (tertiary/aromatic N) is 1. The minimum absolute atomic E-state index is 0.0639. The third-order valence-corrected chi connectivity index (χ3v) is 5.69. The van der Waals surface area contributed by atoms with Gasteiger partial charge >= 0.3 is 6.03 Å². The van der Waals surface area contributed by atoms with Crippen molar-refractivity contribution < 1.29 is 9.59 Å². The lowest BCUT2D eigenvalue weighted by Gasteiger charge is -2.30. The van der Waals surface area contributed by atoms with Crippen molar-refractivity contribution in [1.82, 2.24) is 10.2 Å². The van der Waals surface area contributed by atoms with Gasteiger partial charge in [0, 0.05) is 29.2 Å². The van der Waals surface area contributed by atoms with Crippen LogP contribution in [0, 0.1) is 5.41 Å². The third kappa shape index (κ3) is 4.89. The molecule has 5 nitrogen and oxygen atoms in total. The predicted molar refractivity (Wildman–Crippen MR) is 110 cm³/mol. The second kappa shape index (κ2) is 8.13. The first kappa shape index (κ1) is 19.4. The Balaban J connectivity index is 1.62. The van der Waals surface area contributed by atoms with Crippen LogP contribution in [0.2, 0.25) is 0 Å². The lowest BCUT2D eigenvalue weighted by molar-refractivity contribution is 0.0793. The van der Waals surface area contributed by atoms with Crippen molar-refractivity contribution >= 4 is 29.0 Å². The molecule has 1 aliphatic rings. The van der Waals surface area contributed by atoms with E-state index in [1.165, 1.54) is 0 Å². The smallest absolute Gasteiger partial charge is 0.319 e. The Kier molecular flexibility index (Phi) is 5.85. The number of nitrogens with one attached hydrogen (secondary N) is 2. The minimum Gasteiger partial charge on any atom is -0.339 e. The number of likely N-dealkylation sites (tertiary alicyclic amines) is 1. The quantitative estimate of drug-likeness (QED) is 0.787. The van der Waals surface area contributed by atoms with Gasteiger partial charge in [-0.1, -0.05) is 26.8 Å². The van der Waals surface area contributed by atoms with E-state index in [2.05, 4.69) is 31.4 Å². The molecule has 3 rings (SSSR count). The minimum atomic E-state index is -0.248. The molecule has 2 aromatic rings. The monoisotopic (exact) mass is 385 g/mol. The molecule has 0 unspecified atom stereocenters. The van der Waals surface area contributed by atoms with Crippen LogP contribution in [0.15, 0.2) is 41.8 Å². The van der Waals surface area contributed by atoms with E-state index in [1.807, 2.05) is 22.4 Å². The molecular weight excluding hydrogens is 358 g/mol. The van der Waals surface area contributed by atoms with Crippen molar-refractivity contribution in [3.8, 4) is 0 Å². The highest BCUT2D eigenvalue weighted by Crippen LogP contribution is 2.35. The summed E-state index contributed by atoms with van der Waals surface area (Å²) in [6.07, 6.45) is 2.15. The molecule has 1 saturated heterocycles. The average molecular weight is 386 g/mol. The molecule has 144 valence electrons. The molecule has 1 fully saturated rings. The zero-order chi connectivity index (χ0) is 19.4. The fourth-order valence-corrected chi connectivity index (χ4v) is 4.29. The predicted octanol–water partition coefficient (Wildman–Crippen LogP) is 4.89. The van der Waals surface area contributed by atoms with E-state index in [0.717, 1.165) is 30.8 Å². The number of amides is 3. The van der Waals surface area contributed by atoms with Gasteiger partial charge < -0.3 is 15.5 Å². The maximum Gasteiger partial charge on any atom is 0.319 e. The Morgan fingerprint density at radius 3 is 2.30 bits per heavy atom. The summed E-state index contributed by atoms with van der Waals surface area (Å²) in [6.45, 7) is 7.99. The maximum absolute atomic E-state index is 12.5. The first-order valence-corrected chi connectivity index (χ1v) is 10.2. The topological polar surface area (TPSA) is 61.4 Å². The average Bonchev–Trinajstić information content (AvgIpc) is 3.32. The number of hydrogen-bond acceptors (Lipinski definition) is 3. The van der Waals surface area contributed by atoms with E-state index >= 15 is 0 Å². The van der Waals surface area contributed by atoms with Gasteiger partial charge in [0.25, 0.3) is 5.91 Å². The van der Waals surface area contributed by atoms with Gasteiger partial charge in [0.05, 0.1) is 6.04 Å². The number of rotatable bonds is 4. The number of benzene rings is 1. The first-order valence-electron chi connectivity index (χ1n) is 9.35. The van der Waals surface area contributed by atoms with E-state index in [-0.39, 0.29) is 23.4 Å². The van der Waals surface area contributed by atoms with Gasteiger partial charge in [0.2, 0.25) is 0 Å². The highest BCUT2D eigenvalue weighted by atomic mass is 32.1. The summed E-state index contributed by atoms with van der Waals surface area (Å²) in [5, 5.41) is 7.96. The Morgan fingerprint density at radius 2 is 1.74 bits per heavy atom. The van der Waals surface area contributed by atoms with Crippen LogP contribution in [0.5, 0.6) is 0 Å². The molecule has 0 radical (unpaired) electrons. The first-order chi connectivity index (χ1) is 12.8. The lowest BCUT2D eigenvalue weighted by Crippen LogP contribution is -2.38. The Hall–Kier alpha value is -2.34. The molecule has 2 heterocycles. The third-order valence-electron chi connectivity index (χ3n) is 4.75. The van der Waals surface area contributed by atoms with E-state index in [0.29, 0.717) is 11.3 Å². The second-order valence-electron chi connectivity index (χ2n) is 7.99. The molecule has 1 aromatic carbocycles. The Labute approximate surface area is 164 Å². The molecule has 1 atom stereocenters. The number of urea groups is 1. The number of carbonyl (C=O) groups is 2. The summed E-state index contributed by atoms with van der Waals surface area (Å²) in [7, 11) is 0. The van der Waals surface area contributed by atoms with Crippen molar-refractivity contribution in [3.63, 3.8) is 0 Å². The molecule has 2 N–H and O–H groups in total. The fraction of sp³-hybridized carbons (Fsp3) is 0.429. The van der Waals surface area contributed by atoms with E-state index in [4.69, 9.17) is 0 Å². The molecule has 27 heavy (non-hydrogen) atoms. The number of hydrogen-bond donors (Lipinski definition) is 2. The van der Waals surface area contributed by atoms with Gasteiger partial charge in [0.1, 0.15) is 0 Å². The van der Waals surface area contributed by atoms with Crippen LogP contribution in [0.1, 0.15) is 54.9 Å². The largest absolute Gasteiger partial charge is 0.339 e. The molecule has 1 aliphatic heterocycles. The fourth-order valence-electron chi connectivity index (χ4n) is 3.27. The van der Waals surface area contributed by atoms with Crippen molar-refractivity contribution in [2.75, 3.05) is 18.4 Å². The molecule has 3 amide bonds. The Bertz CT molecular complexity index is 773. The van der Waals surface area contributed by atoms with Gasteiger partial charge in [-0.2, -0.15) is 0 Å². The summed E-state index contributed by atoms with van der Waals surface area (Å²) >= 11 is 1.64. The van der Waals surface area contributed by atoms with E-state index < -0.39 is 0 Å². The van der Waals surface area contributed by atoms with Crippen LogP contribution < -0.4 is 10.6 Å². The van der Waals surface area contributed by atoms with Crippen LogP contribution in [0.25, 0.3) is 0 Å². The van der Waals surface area contributed by atoms with Crippen LogP contribution in [0.4, 0.5) is 10.5 Å². The van der Waals surface area contributed by atoms with Gasteiger partial charge in [-0.3, -0.25) is 4.79 Å².